The van der Waals surface area contributed by atoms with Gasteiger partial charge < -0.3 is 5.32 Å². The Morgan fingerprint density at radius 1 is 1.19 bits per heavy atom. The van der Waals surface area contributed by atoms with Crippen molar-refractivity contribution < 1.29 is 14.4 Å². The van der Waals surface area contributed by atoms with E-state index < -0.39 is 5.91 Å². The lowest BCUT2D eigenvalue weighted by molar-refractivity contribution is -0.126. The van der Waals surface area contributed by atoms with E-state index in [0.717, 1.165) is 37.0 Å². The third kappa shape index (κ3) is 4.52. The first-order chi connectivity index (χ1) is 10.1. The molecule has 0 aliphatic heterocycles. The molecule has 0 spiro atoms. The van der Waals surface area contributed by atoms with Crippen LogP contribution in [0.2, 0.25) is 0 Å². The summed E-state index contributed by atoms with van der Waals surface area (Å²) in [6.45, 7) is 1.37. The molecule has 1 heterocycles. The van der Waals surface area contributed by atoms with Crippen LogP contribution in [0.3, 0.4) is 0 Å². The minimum Gasteiger partial charge on any atom is -0.302 e. The molecule has 21 heavy (non-hydrogen) atoms. The number of nitrogens with zero attached hydrogens (tertiary/aromatic N) is 1. The molecular weight excluding hydrogens is 292 g/mol. The second-order valence-electron chi connectivity index (χ2n) is 5.00. The quantitative estimate of drug-likeness (QED) is 0.735. The molecule has 0 saturated heterocycles. The van der Waals surface area contributed by atoms with Gasteiger partial charge in [-0.3, -0.25) is 25.2 Å². The average molecular weight is 310 g/mol. The van der Waals surface area contributed by atoms with Crippen LogP contribution < -0.4 is 16.2 Å². The molecule has 3 N–H and O–H groups in total. The molecule has 1 aromatic rings. The van der Waals surface area contributed by atoms with Crippen LogP contribution in [-0.4, -0.2) is 22.7 Å². The summed E-state index contributed by atoms with van der Waals surface area (Å²) >= 11 is 1.15. The van der Waals surface area contributed by atoms with Crippen molar-refractivity contribution in [2.45, 2.75) is 39.0 Å². The van der Waals surface area contributed by atoms with Crippen molar-refractivity contribution in [1.29, 1.82) is 0 Å². The molecule has 0 atom stereocenters. The van der Waals surface area contributed by atoms with Crippen molar-refractivity contribution in [3.05, 3.63) is 11.1 Å². The van der Waals surface area contributed by atoms with Gasteiger partial charge in [0.15, 0.2) is 5.13 Å². The van der Waals surface area contributed by atoms with Gasteiger partial charge in [-0.25, -0.2) is 4.98 Å². The van der Waals surface area contributed by atoms with E-state index in [9.17, 15) is 14.4 Å². The number of carbonyl (C=O) groups excluding carboxylic acids is 3. The van der Waals surface area contributed by atoms with E-state index in [0.29, 0.717) is 5.13 Å². The van der Waals surface area contributed by atoms with E-state index in [1.54, 1.807) is 0 Å². The van der Waals surface area contributed by atoms with E-state index in [4.69, 9.17) is 0 Å². The molecule has 1 aliphatic carbocycles. The van der Waals surface area contributed by atoms with Crippen LogP contribution in [0.25, 0.3) is 0 Å². The molecule has 1 aliphatic rings. The van der Waals surface area contributed by atoms with Gasteiger partial charge in [0.05, 0.1) is 0 Å². The zero-order chi connectivity index (χ0) is 15.2. The molecule has 1 fully saturated rings. The molecule has 0 radical (unpaired) electrons. The summed E-state index contributed by atoms with van der Waals surface area (Å²) in [6, 6.07) is 0. The molecule has 2 rings (SSSR count). The minimum atomic E-state index is -0.494. The largest absolute Gasteiger partial charge is 0.302 e. The predicted octanol–water partition coefficient (Wildman–Crippen LogP) is 1.44. The fraction of sp³-hybridized carbons (Fsp3) is 0.538. The SMILES string of the molecule is CC(=O)Nc1nc(C(=O)NNC(=O)C2CCCCC2)cs1. The van der Waals surface area contributed by atoms with E-state index >= 15 is 0 Å². The van der Waals surface area contributed by atoms with E-state index in [-0.39, 0.29) is 23.4 Å². The van der Waals surface area contributed by atoms with Crippen molar-refractivity contribution in [3.63, 3.8) is 0 Å². The monoisotopic (exact) mass is 310 g/mol. The third-order valence-corrected chi connectivity index (χ3v) is 4.05. The summed E-state index contributed by atoms with van der Waals surface area (Å²) in [5.41, 5.74) is 4.96. The maximum atomic E-state index is 11.9. The Bertz CT molecular complexity index is 537. The second kappa shape index (κ2) is 7.16. The van der Waals surface area contributed by atoms with Crippen LogP contribution in [0, 0.1) is 5.92 Å². The molecule has 114 valence electrons. The number of amides is 3. The molecule has 1 aromatic heterocycles. The lowest BCUT2D eigenvalue weighted by Crippen LogP contribution is -2.45. The van der Waals surface area contributed by atoms with Gasteiger partial charge in [-0.2, -0.15) is 0 Å². The van der Waals surface area contributed by atoms with Crippen LogP contribution >= 0.6 is 11.3 Å². The summed E-state index contributed by atoms with van der Waals surface area (Å²) in [5, 5.41) is 4.37. The van der Waals surface area contributed by atoms with E-state index in [1.807, 2.05) is 0 Å². The van der Waals surface area contributed by atoms with Gasteiger partial charge in [0, 0.05) is 18.2 Å². The lowest BCUT2D eigenvalue weighted by Gasteiger charge is -2.20. The normalized spacial score (nSPS) is 15.3. The third-order valence-electron chi connectivity index (χ3n) is 3.29. The highest BCUT2D eigenvalue weighted by molar-refractivity contribution is 7.14. The lowest BCUT2D eigenvalue weighted by atomic mass is 9.89. The first kappa shape index (κ1) is 15.4. The number of carbonyl (C=O) groups is 3. The van der Waals surface area contributed by atoms with Crippen LogP contribution in [0.1, 0.15) is 49.5 Å². The number of hydrogen-bond donors (Lipinski definition) is 3. The number of thiazole rings is 1. The zero-order valence-corrected chi connectivity index (χ0v) is 12.6. The predicted molar refractivity (Wildman–Crippen MR) is 78.6 cm³/mol. The maximum absolute atomic E-state index is 11.9. The molecule has 3 amide bonds. The number of hydrogen-bond acceptors (Lipinski definition) is 5. The summed E-state index contributed by atoms with van der Waals surface area (Å²) in [4.78, 5) is 38.6. The highest BCUT2D eigenvalue weighted by Crippen LogP contribution is 2.23. The summed E-state index contributed by atoms with van der Waals surface area (Å²) in [7, 11) is 0. The van der Waals surface area contributed by atoms with Gasteiger partial charge in [0.1, 0.15) is 5.69 Å². The van der Waals surface area contributed by atoms with Crippen LogP contribution in [-0.2, 0) is 9.59 Å². The summed E-state index contributed by atoms with van der Waals surface area (Å²) in [6.07, 6.45) is 5.01. The van der Waals surface area contributed by atoms with E-state index in [2.05, 4.69) is 21.2 Å². The van der Waals surface area contributed by atoms with Crippen LogP contribution in [0.4, 0.5) is 5.13 Å². The van der Waals surface area contributed by atoms with Gasteiger partial charge in [-0.05, 0) is 12.8 Å². The Kier molecular flexibility index (Phi) is 5.26. The molecule has 8 heteroatoms. The van der Waals surface area contributed by atoms with Crippen LogP contribution in [0.5, 0.6) is 0 Å². The molecule has 0 aromatic carbocycles. The van der Waals surface area contributed by atoms with Crippen molar-refractivity contribution in [2.24, 2.45) is 5.92 Å². The number of rotatable bonds is 3. The number of anilines is 1. The Morgan fingerprint density at radius 2 is 1.90 bits per heavy atom. The smallest absolute Gasteiger partial charge is 0.289 e. The Balaban J connectivity index is 1.82. The zero-order valence-electron chi connectivity index (χ0n) is 11.8. The molecule has 7 nitrogen and oxygen atoms in total. The molecule has 1 saturated carbocycles. The van der Waals surface area contributed by atoms with Gasteiger partial charge in [0.2, 0.25) is 11.8 Å². The number of aromatic nitrogens is 1. The second-order valence-corrected chi connectivity index (χ2v) is 5.86. The first-order valence-electron chi connectivity index (χ1n) is 6.89. The van der Waals surface area contributed by atoms with Crippen molar-refractivity contribution >= 4 is 34.2 Å². The molecule has 0 unspecified atom stereocenters. The fourth-order valence-electron chi connectivity index (χ4n) is 2.24. The number of nitrogens with one attached hydrogen (secondary N) is 3. The topological polar surface area (TPSA) is 100 Å². The van der Waals surface area contributed by atoms with Crippen molar-refractivity contribution in [2.75, 3.05) is 5.32 Å². The van der Waals surface area contributed by atoms with Crippen molar-refractivity contribution in [3.8, 4) is 0 Å². The van der Waals surface area contributed by atoms with E-state index in [1.165, 1.54) is 18.7 Å². The standard InChI is InChI=1S/C13H18N4O3S/c1-8(18)14-13-15-10(7-21-13)12(20)17-16-11(19)9-5-3-2-4-6-9/h7,9H,2-6H2,1H3,(H,16,19)(H,17,20)(H,14,15,18). The Hall–Kier alpha value is -1.96. The highest BCUT2D eigenvalue weighted by atomic mass is 32.1. The highest BCUT2D eigenvalue weighted by Gasteiger charge is 2.21. The van der Waals surface area contributed by atoms with Gasteiger partial charge in [-0.15, -0.1) is 11.3 Å². The van der Waals surface area contributed by atoms with Crippen molar-refractivity contribution in [1.82, 2.24) is 15.8 Å². The maximum Gasteiger partial charge on any atom is 0.289 e. The van der Waals surface area contributed by atoms with Crippen LogP contribution in [0.15, 0.2) is 5.38 Å². The average Bonchev–Trinajstić information content (AvgIpc) is 2.93. The Labute approximate surface area is 126 Å². The van der Waals surface area contributed by atoms with Gasteiger partial charge >= 0.3 is 0 Å². The first-order valence-corrected chi connectivity index (χ1v) is 7.77. The summed E-state index contributed by atoms with van der Waals surface area (Å²) < 4.78 is 0. The molecular formula is C13H18N4O3S. The van der Waals surface area contributed by atoms with Gasteiger partial charge in [-0.1, -0.05) is 19.3 Å². The Morgan fingerprint density at radius 3 is 2.57 bits per heavy atom. The molecule has 0 bridgehead atoms. The minimum absolute atomic E-state index is 0.0237. The summed E-state index contributed by atoms with van der Waals surface area (Å²) in [5.74, 6) is -0.918. The van der Waals surface area contributed by atoms with Gasteiger partial charge in [0.25, 0.3) is 5.91 Å². The number of hydrazine groups is 1. The fourth-order valence-corrected chi connectivity index (χ4v) is 2.97.